The Hall–Kier alpha value is -2.51. The molecule has 0 saturated carbocycles. The minimum atomic E-state index is -0.802. The fourth-order valence-electron chi connectivity index (χ4n) is 2.40. The van der Waals surface area contributed by atoms with Crippen LogP contribution in [0.15, 0.2) is 58.5 Å². The van der Waals surface area contributed by atoms with E-state index in [0.717, 1.165) is 22.8 Å². The van der Waals surface area contributed by atoms with Crippen LogP contribution in [0.4, 0.5) is 14.5 Å². The maximum atomic E-state index is 13.7. The first-order chi connectivity index (χ1) is 12.1. The zero-order valence-corrected chi connectivity index (χ0v) is 14.1. The molecule has 1 amide bonds. The summed E-state index contributed by atoms with van der Waals surface area (Å²) >= 11 is 1.59. The second kappa shape index (κ2) is 8.04. The molecule has 0 atom stereocenters. The van der Waals surface area contributed by atoms with Crippen LogP contribution in [0.2, 0.25) is 0 Å². The number of carbonyl (C=O) groups is 1. The monoisotopic (exact) mass is 362 g/mol. The summed E-state index contributed by atoms with van der Waals surface area (Å²) in [4.78, 5) is 15.3. The van der Waals surface area contributed by atoms with Gasteiger partial charge in [0.1, 0.15) is 17.4 Å². The van der Waals surface area contributed by atoms with Crippen LogP contribution < -0.4 is 5.32 Å². The number of furan rings is 1. The Morgan fingerprint density at radius 2 is 2.04 bits per heavy atom. The Morgan fingerprint density at radius 1 is 1.16 bits per heavy atom. The van der Waals surface area contributed by atoms with E-state index < -0.39 is 11.6 Å². The lowest BCUT2D eigenvalue weighted by atomic mass is 10.3. The summed E-state index contributed by atoms with van der Waals surface area (Å²) in [5.74, 6) is -1.14. The van der Waals surface area contributed by atoms with Crippen LogP contribution >= 0.6 is 11.3 Å². The molecular formula is C18H16F2N2O2S. The molecule has 0 saturated heterocycles. The molecule has 2 aromatic heterocycles. The maximum Gasteiger partial charge on any atom is 0.238 e. The number of halogens is 2. The van der Waals surface area contributed by atoms with Crippen LogP contribution in [0.3, 0.4) is 0 Å². The van der Waals surface area contributed by atoms with Crippen molar-refractivity contribution >= 4 is 22.9 Å². The summed E-state index contributed by atoms with van der Waals surface area (Å²) in [5, 5.41) is 4.44. The van der Waals surface area contributed by atoms with Gasteiger partial charge in [-0.1, -0.05) is 6.07 Å². The molecule has 0 bridgehead atoms. The van der Waals surface area contributed by atoms with E-state index >= 15 is 0 Å². The molecule has 3 rings (SSSR count). The van der Waals surface area contributed by atoms with Crippen LogP contribution in [0, 0.1) is 11.6 Å². The van der Waals surface area contributed by atoms with Crippen molar-refractivity contribution in [3.05, 3.63) is 76.4 Å². The molecule has 0 unspecified atom stereocenters. The quantitative estimate of drug-likeness (QED) is 0.683. The zero-order valence-electron chi connectivity index (χ0n) is 13.2. The third-order valence-corrected chi connectivity index (χ3v) is 4.35. The van der Waals surface area contributed by atoms with Gasteiger partial charge in [-0.05, 0) is 35.7 Å². The van der Waals surface area contributed by atoms with Crippen molar-refractivity contribution < 1.29 is 18.0 Å². The summed E-state index contributed by atoms with van der Waals surface area (Å²) in [6.45, 7) is 1.07. The van der Waals surface area contributed by atoms with Gasteiger partial charge < -0.3 is 9.73 Å². The molecule has 1 N–H and O–H groups in total. The largest absolute Gasteiger partial charge is 0.468 e. The molecule has 4 nitrogen and oxygen atoms in total. The number of anilines is 1. The second-order valence-electron chi connectivity index (χ2n) is 5.48. The summed E-state index contributed by atoms with van der Waals surface area (Å²) < 4.78 is 32.0. The van der Waals surface area contributed by atoms with Crippen molar-refractivity contribution in [3.63, 3.8) is 0 Å². The summed E-state index contributed by atoms with van der Waals surface area (Å²) in [6.07, 6.45) is 1.58. The predicted molar refractivity (Wildman–Crippen MR) is 92.1 cm³/mol. The number of hydrogen-bond acceptors (Lipinski definition) is 4. The van der Waals surface area contributed by atoms with Gasteiger partial charge in [-0.3, -0.25) is 9.69 Å². The molecule has 1 aromatic carbocycles. The van der Waals surface area contributed by atoms with Gasteiger partial charge in [-0.15, -0.1) is 11.3 Å². The normalized spacial score (nSPS) is 11.0. The highest BCUT2D eigenvalue weighted by Crippen LogP contribution is 2.17. The SMILES string of the molecule is O=C(CN(Cc1ccco1)Cc1cccs1)Nc1ccc(F)cc1F. The van der Waals surface area contributed by atoms with Crippen LogP contribution in [-0.4, -0.2) is 17.4 Å². The molecule has 7 heteroatoms. The fourth-order valence-corrected chi connectivity index (χ4v) is 3.14. The molecule has 25 heavy (non-hydrogen) atoms. The van der Waals surface area contributed by atoms with Gasteiger partial charge >= 0.3 is 0 Å². The number of benzene rings is 1. The second-order valence-corrected chi connectivity index (χ2v) is 6.51. The van der Waals surface area contributed by atoms with Gasteiger partial charge in [0.05, 0.1) is 25.0 Å². The Kier molecular flexibility index (Phi) is 5.57. The highest BCUT2D eigenvalue weighted by atomic mass is 32.1. The Bertz CT molecular complexity index is 783. The topological polar surface area (TPSA) is 45.5 Å². The lowest BCUT2D eigenvalue weighted by Crippen LogP contribution is -2.32. The van der Waals surface area contributed by atoms with Gasteiger partial charge in [0.15, 0.2) is 0 Å². The van der Waals surface area contributed by atoms with E-state index in [1.165, 1.54) is 6.07 Å². The number of nitrogens with one attached hydrogen (secondary N) is 1. The average Bonchev–Trinajstić information content (AvgIpc) is 3.24. The van der Waals surface area contributed by atoms with Crippen molar-refractivity contribution in [2.45, 2.75) is 13.1 Å². The summed E-state index contributed by atoms with van der Waals surface area (Å²) in [6, 6.07) is 10.6. The van der Waals surface area contributed by atoms with Crippen molar-refractivity contribution in [1.82, 2.24) is 4.90 Å². The first-order valence-corrected chi connectivity index (χ1v) is 8.50. The van der Waals surface area contributed by atoms with Crippen molar-refractivity contribution in [3.8, 4) is 0 Å². The highest BCUT2D eigenvalue weighted by molar-refractivity contribution is 7.09. The highest BCUT2D eigenvalue weighted by Gasteiger charge is 2.15. The van der Waals surface area contributed by atoms with Crippen LogP contribution in [-0.2, 0) is 17.9 Å². The molecule has 2 heterocycles. The third-order valence-electron chi connectivity index (χ3n) is 3.49. The van der Waals surface area contributed by atoms with Crippen molar-refractivity contribution in [2.24, 2.45) is 0 Å². The van der Waals surface area contributed by atoms with Gasteiger partial charge in [0.25, 0.3) is 0 Å². The van der Waals surface area contributed by atoms with Gasteiger partial charge in [-0.25, -0.2) is 8.78 Å². The van der Waals surface area contributed by atoms with E-state index in [2.05, 4.69) is 5.32 Å². The van der Waals surface area contributed by atoms with E-state index in [1.54, 1.807) is 23.7 Å². The number of thiophene rings is 1. The summed E-state index contributed by atoms with van der Waals surface area (Å²) in [7, 11) is 0. The lowest BCUT2D eigenvalue weighted by molar-refractivity contribution is -0.117. The molecule has 0 aliphatic carbocycles. The maximum absolute atomic E-state index is 13.7. The first-order valence-electron chi connectivity index (χ1n) is 7.62. The van der Waals surface area contributed by atoms with Crippen molar-refractivity contribution in [1.29, 1.82) is 0 Å². The van der Waals surface area contributed by atoms with Crippen LogP contribution in [0.1, 0.15) is 10.6 Å². The molecule has 0 aliphatic rings. The first kappa shape index (κ1) is 17.3. The summed E-state index contributed by atoms with van der Waals surface area (Å²) in [5.41, 5.74) is -0.0412. The number of hydrogen-bond donors (Lipinski definition) is 1. The fraction of sp³-hybridized carbons (Fsp3) is 0.167. The molecule has 0 radical (unpaired) electrons. The zero-order chi connectivity index (χ0) is 17.6. The van der Waals surface area contributed by atoms with Gasteiger partial charge in [0.2, 0.25) is 5.91 Å². The van der Waals surface area contributed by atoms with E-state index in [9.17, 15) is 13.6 Å². The predicted octanol–water partition coefficient (Wildman–Crippen LogP) is 4.26. The smallest absolute Gasteiger partial charge is 0.238 e. The standard InChI is InChI=1S/C18H16F2N2O2S/c19-13-5-6-17(16(20)9-13)21-18(23)12-22(10-14-3-1-7-24-14)11-15-4-2-8-25-15/h1-9H,10-12H2,(H,21,23). The Balaban J connectivity index is 1.66. The molecular weight excluding hydrogens is 346 g/mol. The molecule has 130 valence electrons. The molecule has 0 fully saturated rings. The van der Waals surface area contributed by atoms with E-state index in [1.807, 2.05) is 28.5 Å². The van der Waals surface area contributed by atoms with Crippen LogP contribution in [0.25, 0.3) is 0 Å². The molecule has 3 aromatic rings. The Labute approximate surface area is 147 Å². The molecule has 0 aliphatic heterocycles. The Morgan fingerprint density at radius 3 is 2.72 bits per heavy atom. The van der Waals surface area contributed by atoms with E-state index in [0.29, 0.717) is 13.1 Å². The van der Waals surface area contributed by atoms with Crippen LogP contribution in [0.5, 0.6) is 0 Å². The van der Waals surface area contributed by atoms with Crippen molar-refractivity contribution in [2.75, 3.05) is 11.9 Å². The van der Waals surface area contributed by atoms with Gasteiger partial charge in [-0.2, -0.15) is 0 Å². The number of amides is 1. The minimum Gasteiger partial charge on any atom is -0.468 e. The van der Waals surface area contributed by atoms with E-state index in [4.69, 9.17) is 4.42 Å². The number of nitrogens with zero attached hydrogens (tertiary/aromatic N) is 1. The number of carbonyl (C=O) groups excluding carboxylic acids is 1. The third kappa shape index (κ3) is 4.98. The van der Waals surface area contributed by atoms with Gasteiger partial charge in [0, 0.05) is 17.5 Å². The number of rotatable bonds is 7. The minimum absolute atomic E-state index is 0.0412. The lowest BCUT2D eigenvalue weighted by Gasteiger charge is -2.20. The van der Waals surface area contributed by atoms with E-state index in [-0.39, 0.29) is 18.1 Å². The molecule has 0 spiro atoms. The average molecular weight is 362 g/mol.